The van der Waals surface area contributed by atoms with E-state index in [1.54, 1.807) is 0 Å². The Kier molecular flexibility index (Phi) is 6.68. The molecular formula is C17H26N2O3. The summed E-state index contributed by atoms with van der Waals surface area (Å²) in [5.74, 6) is 1.38. The number of rotatable bonds is 7. The zero-order chi connectivity index (χ0) is 15.8. The van der Waals surface area contributed by atoms with E-state index in [0.29, 0.717) is 32.1 Å². The fraction of sp³-hybridized carbons (Fsp3) is 0.588. The van der Waals surface area contributed by atoms with Crippen LogP contribution in [0.4, 0.5) is 0 Å². The molecule has 1 atom stereocenters. The summed E-state index contributed by atoms with van der Waals surface area (Å²) in [5.41, 5.74) is 1.04. The lowest BCUT2D eigenvalue weighted by atomic mass is 10.1. The number of morpholine rings is 1. The molecule has 1 unspecified atom stereocenters. The summed E-state index contributed by atoms with van der Waals surface area (Å²) in [4.78, 5) is 11.9. The molecule has 0 radical (unpaired) electrons. The number of carbonyl (C=O) groups is 1. The van der Waals surface area contributed by atoms with E-state index >= 15 is 0 Å². The van der Waals surface area contributed by atoms with Crippen molar-refractivity contribution in [2.45, 2.75) is 32.9 Å². The van der Waals surface area contributed by atoms with Crippen LogP contribution in [0.3, 0.4) is 0 Å². The van der Waals surface area contributed by atoms with Gasteiger partial charge in [0.2, 0.25) is 5.91 Å². The molecule has 1 aliphatic heterocycles. The van der Waals surface area contributed by atoms with E-state index in [4.69, 9.17) is 9.47 Å². The van der Waals surface area contributed by atoms with Crippen molar-refractivity contribution in [2.75, 3.05) is 26.4 Å². The van der Waals surface area contributed by atoms with Gasteiger partial charge < -0.3 is 20.1 Å². The van der Waals surface area contributed by atoms with Crippen LogP contribution in [-0.4, -0.2) is 38.3 Å². The van der Waals surface area contributed by atoms with Crippen LogP contribution < -0.4 is 15.4 Å². The minimum atomic E-state index is 0.0384. The van der Waals surface area contributed by atoms with Gasteiger partial charge in [-0.3, -0.25) is 4.79 Å². The van der Waals surface area contributed by atoms with Crippen LogP contribution in [0, 0.1) is 5.92 Å². The maximum atomic E-state index is 11.9. The molecule has 1 aromatic carbocycles. The molecule has 0 spiro atoms. The minimum absolute atomic E-state index is 0.0384. The first-order chi connectivity index (χ1) is 10.6. The van der Waals surface area contributed by atoms with Crippen LogP contribution in [0.2, 0.25) is 0 Å². The molecule has 0 aromatic heterocycles. The van der Waals surface area contributed by atoms with Gasteiger partial charge in [-0.1, -0.05) is 26.0 Å². The molecule has 5 nitrogen and oxygen atoms in total. The van der Waals surface area contributed by atoms with Gasteiger partial charge in [0.25, 0.3) is 0 Å². The van der Waals surface area contributed by atoms with Gasteiger partial charge in [-0.05, 0) is 23.6 Å². The Morgan fingerprint density at radius 1 is 1.50 bits per heavy atom. The highest BCUT2D eigenvalue weighted by Gasteiger charge is 2.16. The van der Waals surface area contributed by atoms with Crippen LogP contribution in [0.1, 0.15) is 25.8 Å². The van der Waals surface area contributed by atoms with Crippen molar-refractivity contribution in [1.82, 2.24) is 10.6 Å². The normalized spacial score (nSPS) is 18.2. The number of ether oxygens (including phenoxy) is 2. The van der Waals surface area contributed by atoms with Gasteiger partial charge in [0.1, 0.15) is 5.75 Å². The van der Waals surface area contributed by atoms with E-state index in [1.165, 1.54) is 0 Å². The van der Waals surface area contributed by atoms with Crippen molar-refractivity contribution in [1.29, 1.82) is 0 Å². The van der Waals surface area contributed by atoms with E-state index in [2.05, 4.69) is 24.5 Å². The summed E-state index contributed by atoms with van der Waals surface area (Å²) in [6, 6.07) is 7.98. The smallest absolute Gasteiger partial charge is 0.221 e. The summed E-state index contributed by atoms with van der Waals surface area (Å²) >= 11 is 0. The van der Waals surface area contributed by atoms with Crippen molar-refractivity contribution < 1.29 is 14.3 Å². The van der Waals surface area contributed by atoms with Crippen LogP contribution in [0.25, 0.3) is 0 Å². The fourth-order valence-electron chi connectivity index (χ4n) is 2.26. The molecule has 2 N–H and O–H groups in total. The molecule has 1 aromatic rings. The van der Waals surface area contributed by atoms with Crippen LogP contribution >= 0.6 is 0 Å². The summed E-state index contributed by atoms with van der Waals surface area (Å²) in [6.45, 7) is 7.59. The third kappa shape index (κ3) is 6.03. The zero-order valence-electron chi connectivity index (χ0n) is 13.4. The van der Waals surface area contributed by atoms with Gasteiger partial charge in [0.15, 0.2) is 0 Å². The third-order valence-electron chi connectivity index (χ3n) is 3.40. The van der Waals surface area contributed by atoms with E-state index in [1.807, 2.05) is 24.3 Å². The first-order valence-corrected chi connectivity index (χ1v) is 7.93. The molecule has 122 valence electrons. The second-order valence-electron chi connectivity index (χ2n) is 6.06. The molecular weight excluding hydrogens is 280 g/mol. The quantitative estimate of drug-likeness (QED) is 0.805. The number of hydrogen-bond donors (Lipinski definition) is 2. The van der Waals surface area contributed by atoms with Crippen LogP contribution in [0.5, 0.6) is 5.75 Å². The summed E-state index contributed by atoms with van der Waals surface area (Å²) in [6.07, 6.45) is 0.448. The average Bonchev–Trinajstić information content (AvgIpc) is 2.52. The predicted molar refractivity (Wildman–Crippen MR) is 85.8 cm³/mol. The van der Waals surface area contributed by atoms with Gasteiger partial charge in [-0.15, -0.1) is 0 Å². The lowest BCUT2D eigenvalue weighted by Crippen LogP contribution is -2.44. The van der Waals surface area contributed by atoms with E-state index in [-0.39, 0.29) is 11.9 Å². The van der Waals surface area contributed by atoms with E-state index < -0.39 is 0 Å². The topological polar surface area (TPSA) is 59.6 Å². The van der Waals surface area contributed by atoms with E-state index in [0.717, 1.165) is 24.5 Å². The van der Waals surface area contributed by atoms with Gasteiger partial charge in [-0.2, -0.15) is 0 Å². The fourth-order valence-corrected chi connectivity index (χ4v) is 2.26. The summed E-state index contributed by atoms with van der Waals surface area (Å²) < 4.78 is 11.0. The Morgan fingerprint density at radius 2 is 2.36 bits per heavy atom. The second-order valence-corrected chi connectivity index (χ2v) is 6.06. The standard InChI is InChI=1S/C17H26N2O3/c1-13(2)11-22-16-5-3-4-14(8-16)10-19-17(20)9-15-12-21-7-6-18-15/h3-5,8,13,15,18H,6-7,9-12H2,1-2H3,(H,19,20). The Balaban J connectivity index is 1.75. The molecule has 2 rings (SSSR count). The molecule has 0 saturated carbocycles. The van der Waals surface area contributed by atoms with Crippen LogP contribution in [0.15, 0.2) is 24.3 Å². The number of amides is 1. The highest BCUT2D eigenvalue weighted by atomic mass is 16.5. The van der Waals surface area contributed by atoms with Gasteiger partial charge in [0.05, 0.1) is 19.8 Å². The molecule has 1 saturated heterocycles. The number of carbonyl (C=O) groups excluding carboxylic acids is 1. The zero-order valence-corrected chi connectivity index (χ0v) is 13.4. The van der Waals surface area contributed by atoms with Crippen molar-refractivity contribution in [3.05, 3.63) is 29.8 Å². The molecule has 1 amide bonds. The maximum Gasteiger partial charge on any atom is 0.221 e. The first-order valence-electron chi connectivity index (χ1n) is 7.93. The third-order valence-corrected chi connectivity index (χ3v) is 3.40. The Bertz CT molecular complexity index is 471. The maximum absolute atomic E-state index is 11.9. The second kappa shape index (κ2) is 8.76. The van der Waals surface area contributed by atoms with Crippen molar-refractivity contribution in [3.8, 4) is 5.75 Å². The summed E-state index contributed by atoms with van der Waals surface area (Å²) in [5, 5.41) is 6.23. The lowest BCUT2D eigenvalue weighted by Gasteiger charge is -2.23. The largest absolute Gasteiger partial charge is 0.493 e. The summed E-state index contributed by atoms with van der Waals surface area (Å²) in [7, 11) is 0. The van der Waals surface area contributed by atoms with E-state index in [9.17, 15) is 4.79 Å². The molecule has 1 aliphatic rings. The molecule has 1 fully saturated rings. The number of benzene rings is 1. The van der Waals surface area contributed by atoms with Gasteiger partial charge >= 0.3 is 0 Å². The Labute approximate surface area is 132 Å². The van der Waals surface area contributed by atoms with Gasteiger partial charge in [-0.25, -0.2) is 0 Å². The molecule has 22 heavy (non-hydrogen) atoms. The Hall–Kier alpha value is -1.59. The highest BCUT2D eigenvalue weighted by Crippen LogP contribution is 2.14. The molecule has 0 bridgehead atoms. The SMILES string of the molecule is CC(C)COc1cccc(CNC(=O)CC2COCCN2)c1. The first kappa shape index (κ1) is 16.8. The predicted octanol–water partition coefficient (Wildman–Crippen LogP) is 1.72. The Morgan fingerprint density at radius 3 is 3.09 bits per heavy atom. The minimum Gasteiger partial charge on any atom is -0.493 e. The van der Waals surface area contributed by atoms with Gasteiger partial charge in [0, 0.05) is 25.6 Å². The van der Waals surface area contributed by atoms with Crippen molar-refractivity contribution in [2.24, 2.45) is 5.92 Å². The monoisotopic (exact) mass is 306 g/mol. The lowest BCUT2D eigenvalue weighted by molar-refractivity contribution is -0.122. The van der Waals surface area contributed by atoms with Crippen molar-refractivity contribution in [3.63, 3.8) is 0 Å². The average molecular weight is 306 g/mol. The highest BCUT2D eigenvalue weighted by molar-refractivity contribution is 5.76. The molecule has 1 heterocycles. The number of nitrogens with one attached hydrogen (secondary N) is 2. The molecule has 5 heteroatoms. The van der Waals surface area contributed by atoms with Crippen molar-refractivity contribution >= 4 is 5.91 Å². The van der Waals surface area contributed by atoms with Crippen LogP contribution in [-0.2, 0) is 16.1 Å². The number of hydrogen-bond acceptors (Lipinski definition) is 4. The molecule has 0 aliphatic carbocycles.